The molecule has 0 aliphatic heterocycles. The Hall–Kier alpha value is -1.70. The third-order valence-corrected chi connectivity index (χ3v) is 4.55. The number of nitrogens with zero attached hydrogens (tertiary/aromatic N) is 1. The van der Waals surface area contributed by atoms with Crippen LogP contribution in [0.2, 0.25) is 0 Å². The lowest BCUT2D eigenvalue weighted by molar-refractivity contribution is 0.554. The lowest BCUT2D eigenvalue weighted by Crippen LogP contribution is -2.20. The molecule has 0 spiro atoms. The molecule has 7 heteroatoms. The van der Waals surface area contributed by atoms with Crippen LogP contribution in [-0.4, -0.2) is 25.2 Å². The molecule has 0 bridgehead atoms. The van der Waals surface area contributed by atoms with E-state index in [-0.39, 0.29) is 10.3 Å². The number of benzene rings is 1. The van der Waals surface area contributed by atoms with E-state index in [2.05, 4.69) is 36.3 Å². The number of nitrogens with two attached hydrogens (primary N) is 1. The summed E-state index contributed by atoms with van der Waals surface area (Å²) in [6.45, 7) is 7.99. The summed E-state index contributed by atoms with van der Waals surface area (Å²) >= 11 is 0. The summed E-state index contributed by atoms with van der Waals surface area (Å²) in [5.41, 5.74) is 3.41. The number of rotatable bonds is 6. The van der Waals surface area contributed by atoms with E-state index < -0.39 is 10.0 Å². The zero-order valence-electron chi connectivity index (χ0n) is 13.8. The first-order valence-electron chi connectivity index (χ1n) is 7.53. The van der Waals surface area contributed by atoms with Gasteiger partial charge < -0.3 is 5.32 Å². The number of primary sulfonamides is 1. The lowest BCUT2D eigenvalue weighted by Gasteiger charge is -2.18. The molecule has 0 aliphatic rings. The van der Waals surface area contributed by atoms with Gasteiger partial charge in [0.1, 0.15) is 0 Å². The monoisotopic (exact) mass is 336 g/mol. The summed E-state index contributed by atoms with van der Waals surface area (Å²) in [7, 11) is -3.62. The number of aromatic nitrogens is 2. The first-order valence-corrected chi connectivity index (χ1v) is 9.08. The lowest BCUT2D eigenvalue weighted by atomic mass is 9.89. The van der Waals surface area contributed by atoms with Crippen molar-refractivity contribution in [2.24, 2.45) is 5.14 Å². The predicted octanol–water partition coefficient (Wildman–Crippen LogP) is 1.69. The van der Waals surface area contributed by atoms with Crippen LogP contribution in [-0.2, 0) is 28.4 Å². The van der Waals surface area contributed by atoms with Crippen molar-refractivity contribution < 1.29 is 8.42 Å². The van der Waals surface area contributed by atoms with Crippen LogP contribution < -0.4 is 10.5 Å². The van der Waals surface area contributed by atoms with Gasteiger partial charge in [0, 0.05) is 23.2 Å². The molecule has 4 N–H and O–H groups in total. The first kappa shape index (κ1) is 17.7. The normalized spacial score (nSPS) is 12.5. The Kier molecular flexibility index (Phi) is 5.23. The van der Waals surface area contributed by atoms with E-state index in [1.165, 1.54) is 5.56 Å². The number of hydrogen-bond donors (Lipinski definition) is 3. The molecule has 0 saturated carbocycles. The van der Waals surface area contributed by atoms with Crippen LogP contribution in [0.4, 0.5) is 0 Å². The van der Waals surface area contributed by atoms with Gasteiger partial charge in [0.2, 0.25) is 10.0 Å². The molecular formula is C16H24N4O2S. The van der Waals surface area contributed by atoms with Crippen LogP contribution in [0.25, 0.3) is 0 Å². The predicted molar refractivity (Wildman–Crippen MR) is 90.5 cm³/mol. The van der Waals surface area contributed by atoms with Gasteiger partial charge in [0.05, 0.1) is 11.1 Å². The second kappa shape index (κ2) is 6.82. The van der Waals surface area contributed by atoms with Crippen LogP contribution in [0.3, 0.4) is 0 Å². The van der Waals surface area contributed by atoms with Crippen molar-refractivity contribution in [2.75, 3.05) is 6.54 Å². The Bertz CT molecular complexity index is 743. The molecule has 6 nitrogen and oxygen atoms in total. The molecule has 0 unspecified atom stereocenters. The average Bonchev–Trinajstić information content (AvgIpc) is 2.92. The minimum Gasteiger partial charge on any atom is -0.312 e. The van der Waals surface area contributed by atoms with E-state index in [0.717, 1.165) is 30.8 Å². The largest absolute Gasteiger partial charge is 0.312 e. The van der Waals surface area contributed by atoms with Crippen molar-refractivity contribution >= 4 is 10.0 Å². The molecule has 0 amide bonds. The molecule has 1 aromatic carbocycles. The number of nitrogens with one attached hydrogen (secondary N) is 2. The topological polar surface area (TPSA) is 101 Å². The quantitative estimate of drug-likeness (QED) is 0.699. The minimum absolute atomic E-state index is 0.0387. The molecule has 0 saturated heterocycles. The molecule has 1 aromatic heterocycles. The number of aromatic amines is 1. The summed E-state index contributed by atoms with van der Waals surface area (Å²) in [5.74, 6) is 0. The summed E-state index contributed by atoms with van der Waals surface area (Å²) in [4.78, 5) is 0.141. The highest BCUT2D eigenvalue weighted by molar-refractivity contribution is 7.89. The Morgan fingerprint density at radius 3 is 2.43 bits per heavy atom. The third kappa shape index (κ3) is 4.89. The van der Waals surface area contributed by atoms with Gasteiger partial charge in [0.15, 0.2) is 0 Å². The Balaban J connectivity index is 1.86. The molecule has 2 aromatic rings. The molecule has 23 heavy (non-hydrogen) atoms. The first-order chi connectivity index (χ1) is 10.7. The van der Waals surface area contributed by atoms with E-state index in [4.69, 9.17) is 5.14 Å². The standard InChI is InChI=1S/C16H24N4O2S/c1-16(2,3)15-13(11-19-20-15)10-18-9-8-12-4-6-14(7-5-12)23(17,21)22/h4-7,11,18H,8-10H2,1-3H3,(H,19,20)(H2,17,21,22). The second-order valence-electron chi connectivity index (χ2n) is 6.64. The fourth-order valence-corrected chi connectivity index (χ4v) is 2.91. The SMILES string of the molecule is CC(C)(C)c1[nH]ncc1CNCCc1ccc(S(N)(=O)=O)cc1. The van der Waals surface area contributed by atoms with E-state index >= 15 is 0 Å². The Morgan fingerprint density at radius 2 is 1.87 bits per heavy atom. The summed E-state index contributed by atoms with van der Waals surface area (Å²) in [6, 6.07) is 6.66. The zero-order chi connectivity index (χ0) is 17.1. The fraction of sp³-hybridized carbons (Fsp3) is 0.438. The fourth-order valence-electron chi connectivity index (χ4n) is 2.40. The summed E-state index contributed by atoms with van der Waals surface area (Å²) in [6.07, 6.45) is 2.67. The van der Waals surface area contributed by atoms with E-state index in [9.17, 15) is 8.42 Å². The number of sulfonamides is 1. The van der Waals surface area contributed by atoms with E-state index in [0.29, 0.717) is 0 Å². The van der Waals surface area contributed by atoms with Gasteiger partial charge >= 0.3 is 0 Å². The van der Waals surface area contributed by atoms with Gasteiger partial charge in [-0.2, -0.15) is 5.10 Å². The van der Waals surface area contributed by atoms with Crippen LogP contribution in [0, 0.1) is 0 Å². The number of hydrogen-bond acceptors (Lipinski definition) is 4. The van der Waals surface area contributed by atoms with Crippen molar-refractivity contribution in [3.63, 3.8) is 0 Å². The van der Waals surface area contributed by atoms with Crippen molar-refractivity contribution in [3.8, 4) is 0 Å². The molecule has 0 fully saturated rings. The number of H-pyrrole nitrogens is 1. The highest BCUT2D eigenvalue weighted by Gasteiger charge is 2.19. The average molecular weight is 336 g/mol. The molecule has 2 rings (SSSR count). The van der Waals surface area contributed by atoms with Crippen LogP contribution in [0.5, 0.6) is 0 Å². The highest BCUT2D eigenvalue weighted by atomic mass is 32.2. The van der Waals surface area contributed by atoms with E-state index in [1.54, 1.807) is 24.3 Å². The van der Waals surface area contributed by atoms with Gasteiger partial charge in [0.25, 0.3) is 0 Å². The Labute approximate surface area is 137 Å². The van der Waals surface area contributed by atoms with Gasteiger partial charge in [-0.25, -0.2) is 13.6 Å². The van der Waals surface area contributed by atoms with Crippen molar-refractivity contribution in [2.45, 2.75) is 44.0 Å². The summed E-state index contributed by atoms with van der Waals surface area (Å²) in [5, 5.41) is 15.7. The molecule has 0 radical (unpaired) electrons. The van der Waals surface area contributed by atoms with Crippen LogP contribution in [0.15, 0.2) is 35.4 Å². The zero-order valence-corrected chi connectivity index (χ0v) is 14.6. The Morgan fingerprint density at radius 1 is 1.22 bits per heavy atom. The minimum atomic E-state index is -3.62. The maximum atomic E-state index is 11.2. The third-order valence-electron chi connectivity index (χ3n) is 3.63. The molecule has 0 atom stereocenters. The smallest absolute Gasteiger partial charge is 0.238 e. The van der Waals surface area contributed by atoms with Crippen molar-refractivity contribution in [1.29, 1.82) is 0 Å². The maximum absolute atomic E-state index is 11.2. The highest BCUT2D eigenvalue weighted by Crippen LogP contribution is 2.23. The van der Waals surface area contributed by atoms with Gasteiger partial charge in [-0.15, -0.1) is 0 Å². The molecule has 1 heterocycles. The second-order valence-corrected chi connectivity index (χ2v) is 8.20. The van der Waals surface area contributed by atoms with Crippen molar-refractivity contribution in [3.05, 3.63) is 47.3 Å². The maximum Gasteiger partial charge on any atom is 0.238 e. The molecular weight excluding hydrogens is 312 g/mol. The van der Waals surface area contributed by atoms with E-state index in [1.807, 2.05) is 6.20 Å². The van der Waals surface area contributed by atoms with Crippen LogP contribution in [0.1, 0.15) is 37.6 Å². The van der Waals surface area contributed by atoms with Crippen molar-refractivity contribution in [1.82, 2.24) is 15.5 Å². The van der Waals surface area contributed by atoms with Gasteiger partial charge in [-0.05, 0) is 30.7 Å². The van der Waals surface area contributed by atoms with Crippen LogP contribution >= 0.6 is 0 Å². The molecule has 126 valence electrons. The molecule has 0 aliphatic carbocycles. The summed E-state index contributed by atoms with van der Waals surface area (Å²) < 4.78 is 22.4. The van der Waals surface area contributed by atoms with Gasteiger partial charge in [-0.3, -0.25) is 5.10 Å². The van der Waals surface area contributed by atoms with Gasteiger partial charge in [-0.1, -0.05) is 32.9 Å².